The maximum Gasteiger partial charge on any atom is 0.194 e. The SMILES string of the molecule is CN=C(NCc1nnc(C)n1C)N1CCS(=O)(=O)C2(CCCCC2)C1.I. The van der Waals surface area contributed by atoms with Gasteiger partial charge >= 0.3 is 0 Å². The predicted octanol–water partition coefficient (Wildman–Crippen LogP) is 1.25. The minimum Gasteiger partial charge on any atom is -0.349 e. The molecule has 2 aliphatic rings. The molecule has 10 heteroatoms. The van der Waals surface area contributed by atoms with Gasteiger partial charge < -0.3 is 14.8 Å². The summed E-state index contributed by atoms with van der Waals surface area (Å²) in [7, 11) is 0.625. The molecule has 0 radical (unpaired) electrons. The zero-order chi connectivity index (χ0) is 18.1. The number of sulfone groups is 1. The third-order valence-corrected chi connectivity index (χ3v) is 8.21. The molecular weight excluding hydrogens is 467 g/mol. The Kier molecular flexibility index (Phi) is 6.92. The maximum atomic E-state index is 12.7. The molecule has 1 saturated heterocycles. The van der Waals surface area contributed by atoms with Gasteiger partial charge in [0.2, 0.25) is 0 Å². The molecule has 0 aromatic carbocycles. The quantitative estimate of drug-likeness (QED) is 0.377. The van der Waals surface area contributed by atoms with Crippen LogP contribution in [0.15, 0.2) is 4.99 Å². The average Bonchev–Trinajstić information content (AvgIpc) is 2.92. The van der Waals surface area contributed by atoms with Crippen LogP contribution in [0.25, 0.3) is 0 Å². The minimum atomic E-state index is -3.04. The molecule has 0 atom stereocenters. The zero-order valence-corrected chi connectivity index (χ0v) is 18.9. The lowest BCUT2D eigenvalue weighted by atomic mass is 9.87. The molecule has 0 unspecified atom stereocenters. The summed E-state index contributed by atoms with van der Waals surface area (Å²) >= 11 is 0. The molecule has 1 N–H and O–H groups in total. The van der Waals surface area contributed by atoms with Gasteiger partial charge in [-0.05, 0) is 19.8 Å². The van der Waals surface area contributed by atoms with Crippen molar-refractivity contribution in [3.05, 3.63) is 11.6 Å². The molecule has 26 heavy (non-hydrogen) atoms. The Balaban J connectivity index is 0.00000243. The summed E-state index contributed by atoms with van der Waals surface area (Å²) in [4.78, 5) is 6.46. The molecule has 2 fully saturated rings. The van der Waals surface area contributed by atoms with Crippen molar-refractivity contribution in [1.82, 2.24) is 25.0 Å². The largest absolute Gasteiger partial charge is 0.349 e. The summed E-state index contributed by atoms with van der Waals surface area (Å²) in [6.07, 6.45) is 4.67. The van der Waals surface area contributed by atoms with E-state index in [0.29, 0.717) is 19.6 Å². The van der Waals surface area contributed by atoms with Crippen LogP contribution in [-0.4, -0.2) is 64.7 Å². The molecule has 1 aromatic heterocycles. The second-order valence-electron chi connectivity index (χ2n) is 7.11. The van der Waals surface area contributed by atoms with Crippen LogP contribution in [0.1, 0.15) is 43.8 Å². The Morgan fingerprint density at radius 2 is 1.96 bits per heavy atom. The van der Waals surface area contributed by atoms with E-state index >= 15 is 0 Å². The summed E-state index contributed by atoms with van der Waals surface area (Å²) in [5, 5.41) is 11.5. The molecule has 2 heterocycles. The molecule has 0 bridgehead atoms. The number of hydrogen-bond acceptors (Lipinski definition) is 5. The summed E-state index contributed by atoms with van der Waals surface area (Å²) < 4.78 is 26.8. The van der Waals surface area contributed by atoms with Gasteiger partial charge in [-0.25, -0.2) is 8.42 Å². The third-order valence-electron chi connectivity index (χ3n) is 5.63. The van der Waals surface area contributed by atoms with Crippen molar-refractivity contribution in [1.29, 1.82) is 0 Å². The van der Waals surface area contributed by atoms with E-state index in [9.17, 15) is 8.42 Å². The minimum absolute atomic E-state index is 0. The Morgan fingerprint density at radius 3 is 2.54 bits per heavy atom. The van der Waals surface area contributed by atoms with E-state index in [-0.39, 0.29) is 29.7 Å². The van der Waals surface area contributed by atoms with Crippen molar-refractivity contribution in [2.24, 2.45) is 12.0 Å². The molecule has 1 saturated carbocycles. The molecule has 1 aromatic rings. The van der Waals surface area contributed by atoms with Crippen LogP contribution >= 0.6 is 24.0 Å². The van der Waals surface area contributed by atoms with Gasteiger partial charge in [-0.3, -0.25) is 4.99 Å². The van der Waals surface area contributed by atoms with Crippen LogP contribution < -0.4 is 5.32 Å². The first kappa shape index (κ1) is 21.4. The van der Waals surface area contributed by atoms with Crippen LogP contribution in [0.2, 0.25) is 0 Å². The lowest BCUT2D eigenvalue weighted by Crippen LogP contribution is -2.60. The van der Waals surface area contributed by atoms with Gasteiger partial charge in [-0.15, -0.1) is 34.2 Å². The van der Waals surface area contributed by atoms with Crippen LogP contribution in [-0.2, 0) is 23.4 Å². The average molecular weight is 496 g/mol. The van der Waals surface area contributed by atoms with E-state index in [1.54, 1.807) is 7.05 Å². The number of aliphatic imine (C=N–C) groups is 1. The van der Waals surface area contributed by atoms with Gasteiger partial charge in [0, 0.05) is 27.2 Å². The molecule has 1 aliphatic carbocycles. The Bertz CT molecular complexity index is 755. The van der Waals surface area contributed by atoms with E-state index in [2.05, 4.69) is 25.4 Å². The smallest absolute Gasteiger partial charge is 0.194 e. The number of aryl methyl sites for hydroxylation is 1. The molecule has 3 rings (SSSR count). The van der Waals surface area contributed by atoms with Gasteiger partial charge in [-0.2, -0.15) is 0 Å². The van der Waals surface area contributed by atoms with E-state index in [1.165, 1.54) is 0 Å². The van der Waals surface area contributed by atoms with E-state index < -0.39 is 14.6 Å². The monoisotopic (exact) mass is 496 g/mol. The predicted molar refractivity (Wildman–Crippen MR) is 113 cm³/mol. The fourth-order valence-electron chi connectivity index (χ4n) is 3.91. The first-order valence-corrected chi connectivity index (χ1v) is 10.6. The van der Waals surface area contributed by atoms with E-state index in [0.717, 1.165) is 49.7 Å². The summed E-state index contributed by atoms with van der Waals surface area (Å²) in [6.45, 7) is 3.45. The highest BCUT2D eigenvalue weighted by atomic mass is 127. The van der Waals surface area contributed by atoms with Gasteiger partial charge in [0.1, 0.15) is 5.82 Å². The van der Waals surface area contributed by atoms with Crippen molar-refractivity contribution in [3.63, 3.8) is 0 Å². The first-order valence-electron chi connectivity index (χ1n) is 8.91. The topological polar surface area (TPSA) is 92.5 Å². The standard InChI is InChI=1S/C16H28N6O2S.HI/c1-13-19-20-14(21(13)3)11-18-15(17-2)22-9-10-25(23,24)16(12-22)7-5-4-6-8-16;/h4-12H2,1-3H3,(H,17,18);1H. The second kappa shape index (κ2) is 8.41. The van der Waals surface area contributed by atoms with E-state index in [1.807, 2.05) is 18.5 Å². The zero-order valence-electron chi connectivity index (χ0n) is 15.7. The van der Waals surface area contributed by atoms with Crippen molar-refractivity contribution in [3.8, 4) is 0 Å². The number of rotatable bonds is 2. The van der Waals surface area contributed by atoms with Crippen LogP contribution in [0.3, 0.4) is 0 Å². The molecule has 1 aliphatic heterocycles. The number of hydrogen-bond donors (Lipinski definition) is 1. The van der Waals surface area contributed by atoms with Crippen molar-refractivity contribution < 1.29 is 8.42 Å². The number of nitrogens with one attached hydrogen (secondary N) is 1. The van der Waals surface area contributed by atoms with Crippen LogP contribution in [0.5, 0.6) is 0 Å². The highest BCUT2D eigenvalue weighted by Gasteiger charge is 2.48. The Morgan fingerprint density at radius 1 is 1.27 bits per heavy atom. The van der Waals surface area contributed by atoms with E-state index in [4.69, 9.17) is 0 Å². The van der Waals surface area contributed by atoms with Gasteiger partial charge in [0.15, 0.2) is 21.6 Å². The lowest BCUT2D eigenvalue weighted by Gasteiger charge is -2.45. The van der Waals surface area contributed by atoms with Crippen molar-refractivity contribution in [2.45, 2.75) is 50.3 Å². The fraction of sp³-hybridized carbons (Fsp3) is 0.812. The molecule has 0 amide bonds. The van der Waals surface area contributed by atoms with Crippen molar-refractivity contribution in [2.75, 3.05) is 25.9 Å². The molecule has 1 spiro atoms. The van der Waals surface area contributed by atoms with Crippen LogP contribution in [0.4, 0.5) is 0 Å². The highest BCUT2D eigenvalue weighted by Crippen LogP contribution is 2.38. The summed E-state index contributed by atoms with van der Waals surface area (Å²) in [5.41, 5.74) is 0. The lowest BCUT2D eigenvalue weighted by molar-refractivity contribution is 0.273. The maximum absolute atomic E-state index is 12.7. The summed E-state index contributed by atoms with van der Waals surface area (Å²) in [6, 6.07) is 0. The normalized spacial score (nSPS) is 22.1. The Labute approximate surface area is 172 Å². The summed E-state index contributed by atoms with van der Waals surface area (Å²) in [5.74, 6) is 2.63. The first-order chi connectivity index (χ1) is 11.9. The number of halogens is 1. The highest BCUT2D eigenvalue weighted by molar-refractivity contribution is 14.0. The van der Waals surface area contributed by atoms with Gasteiger partial charge in [0.25, 0.3) is 0 Å². The van der Waals surface area contributed by atoms with Crippen LogP contribution in [0, 0.1) is 6.92 Å². The second-order valence-corrected chi connectivity index (χ2v) is 9.61. The molecule has 8 nitrogen and oxygen atoms in total. The fourth-order valence-corrected chi connectivity index (χ4v) is 6.07. The van der Waals surface area contributed by atoms with Gasteiger partial charge in [0.05, 0.1) is 17.0 Å². The van der Waals surface area contributed by atoms with Crippen molar-refractivity contribution >= 4 is 39.8 Å². The third kappa shape index (κ3) is 4.00. The van der Waals surface area contributed by atoms with Gasteiger partial charge in [-0.1, -0.05) is 19.3 Å². The number of nitrogens with zero attached hydrogens (tertiary/aromatic N) is 5. The number of aromatic nitrogens is 3. The Hall–Kier alpha value is -0.910. The number of guanidine groups is 1. The molecule has 148 valence electrons. The molecular formula is C16H29IN6O2S.